The predicted molar refractivity (Wildman–Crippen MR) is 99.8 cm³/mol. The number of phenolic OH excluding ortho intramolecular Hbond substituents is 1. The molecule has 0 saturated heterocycles. The molecule has 1 fully saturated rings. The fraction of sp³-hybridized carbons (Fsp3) is 0.409. The summed E-state index contributed by atoms with van der Waals surface area (Å²) < 4.78 is 14.8. The van der Waals surface area contributed by atoms with Crippen LogP contribution in [0.3, 0.4) is 0 Å². The van der Waals surface area contributed by atoms with Crippen molar-refractivity contribution in [1.29, 1.82) is 0 Å². The molecule has 2 aromatic rings. The highest BCUT2D eigenvalue weighted by molar-refractivity contribution is 6.09. The van der Waals surface area contributed by atoms with Crippen LogP contribution in [-0.2, 0) is 10.2 Å². The van der Waals surface area contributed by atoms with Gasteiger partial charge >= 0.3 is 0 Å². The van der Waals surface area contributed by atoms with E-state index < -0.39 is 5.41 Å². The number of aromatic hydroxyl groups is 1. The standard InChI is InChI=1S/C22H24FNO2/c1-14-8-13-18-20(19(14)23)24-21(26)22(18,15-6-4-2-3-5-7-15)16-9-11-17(25)12-10-16/h8-13,15,25H,2-7H2,1H3,(H,24,26). The SMILES string of the molecule is Cc1ccc2c(c1F)NC(=O)C2(c1ccc(O)cc1)C1CCCCCC1. The Labute approximate surface area is 153 Å². The molecule has 1 amide bonds. The van der Waals surface area contributed by atoms with Crippen LogP contribution in [0.25, 0.3) is 0 Å². The summed E-state index contributed by atoms with van der Waals surface area (Å²) >= 11 is 0. The lowest BCUT2D eigenvalue weighted by Gasteiger charge is -2.36. The van der Waals surface area contributed by atoms with Crippen LogP contribution in [0, 0.1) is 18.7 Å². The highest BCUT2D eigenvalue weighted by atomic mass is 19.1. The number of nitrogens with one attached hydrogen (secondary N) is 1. The molecule has 2 aromatic carbocycles. The molecule has 136 valence electrons. The summed E-state index contributed by atoms with van der Waals surface area (Å²) in [4.78, 5) is 13.4. The van der Waals surface area contributed by atoms with Gasteiger partial charge in [0, 0.05) is 0 Å². The van der Waals surface area contributed by atoms with E-state index in [1.807, 2.05) is 18.2 Å². The zero-order chi connectivity index (χ0) is 18.3. The van der Waals surface area contributed by atoms with E-state index in [9.17, 15) is 14.3 Å². The van der Waals surface area contributed by atoms with Crippen molar-refractivity contribution in [3.8, 4) is 5.75 Å². The third-order valence-electron chi connectivity index (χ3n) is 6.15. The molecule has 1 heterocycles. The normalized spacial score (nSPS) is 23.4. The molecule has 0 radical (unpaired) electrons. The molecule has 3 nitrogen and oxygen atoms in total. The van der Waals surface area contributed by atoms with Crippen LogP contribution in [0.2, 0.25) is 0 Å². The summed E-state index contributed by atoms with van der Waals surface area (Å²) in [6, 6.07) is 10.5. The molecule has 4 heteroatoms. The summed E-state index contributed by atoms with van der Waals surface area (Å²) in [5, 5.41) is 12.6. The lowest BCUT2D eigenvalue weighted by atomic mass is 9.64. The van der Waals surface area contributed by atoms with Crippen molar-refractivity contribution in [3.63, 3.8) is 0 Å². The van der Waals surface area contributed by atoms with Gasteiger partial charge in [0.25, 0.3) is 0 Å². The van der Waals surface area contributed by atoms with Gasteiger partial charge in [0.1, 0.15) is 17.0 Å². The van der Waals surface area contributed by atoms with Crippen molar-refractivity contribution in [2.24, 2.45) is 5.92 Å². The monoisotopic (exact) mass is 353 g/mol. The molecule has 4 rings (SSSR count). The van der Waals surface area contributed by atoms with Crippen LogP contribution in [0.5, 0.6) is 5.75 Å². The lowest BCUT2D eigenvalue weighted by molar-refractivity contribution is -0.121. The minimum Gasteiger partial charge on any atom is -0.508 e. The predicted octanol–water partition coefficient (Wildman–Crippen LogP) is 5.05. The van der Waals surface area contributed by atoms with Gasteiger partial charge in [0.15, 0.2) is 0 Å². The minimum absolute atomic E-state index is 0.123. The second kappa shape index (κ2) is 6.42. The van der Waals surface area contributed by atoms with Crippen molar-refractivity contribution in [3.05, 3.63) is 58.9 Å². The molecule has 26 heavy (non-hydrogen) atoms. The van der Waals surface area contributed by atoms with Crippen molar-refractivity contribution >= 4 is 11.6 Å². The summed E-state index contributed by atoms with van der Waals surface area (Å²) in [6.07, 6.45) is 6.42. The maximum absolute atomic E-state index is 14.8. The number of aryl methyl sites for hydroxylation is 1. The van der Waals surface area contributed by atoms with Crippen molar-refractivity contribution in [2.45, 2.75) is 50.9 Å². The number of amides is 1. The number of fused-ring (bicyclic) bond motifs is 1. The highest BCUT2D eigenvalue weighted by Crippen LogP contribution is 2.52. The molecule has 1 aliphatic carbocycles. The molecule has 1 saturated carbocycles. The molecular formula is C22H24FNO2. The Morgan fingerprint density at radius 3 is 2.35 bits per heavy atom. The van der Waals surface area contributed by atoms with Gasteiger partial charge in [-0.25, -0.2) is 4.39 Å². The number of hydrogen-bond acceptors (Lipinski definition) is 2. The highest BCUT2D eigenvalue weighted by Gasteiger charge is 2.54. The Hall–Kier alpha value is -2.36. The summed E-state index contributed by atoms with van der Waals surface area (Å²) in [5.41, 5.74) is 1.55. The Kier molecular flexibility index (Phi) is 4.22. The second-order valence-corrected chi connectivity index (χ2v) is 7.62. The Morgan fingerprint density at radius 1 is 1.04 bits per heavy atom. The summed E-state index contributed by atoms with van der Waals surface area (Å²) in [6.45, 7) is 1.72. The first-order chi connectivity index (χ1) is 12.5. The number of rotatable bonds is 2. The van der Waals surface area contributed by atoms with Gasteiger partial charge in [-0.05, 0) is 54.5 Å². The summed E-state index contributed by atoms with van der Waals surface area (Å²) in [5.74, 6) is -0.198. The van der Waals surface area contributed by atoms with Crippen LogP contribution >= 0.6 is 0 Å². The van der Waals surface area contributed by atoms with E-state index in [0.717, 1.165) is 36.8 Å². The molecule has 0 spiro atoms. The number of phenols is 1. The number of hydrogen-bond donors (Lipinski definition) is 2. The molecule has 2 aliphatic rings. The van der Waals surface area contributed by atoms with E-state index >= 15 is 0 Å². The van der Waals surface area contributed by atoms with Gasteiger partial charge in [-0.15, -0.1) is 0 Å². The Balaban J connectivity index is 1.97. The number of benzene rings is 2. The lowest BCUT2D eigenvalue weighted by Crippen LogP contribution is -2.43. The first-order valence-electron chi connectivity index (χ1n) is 9.45. The average Bonchev–Trinajstić information content (AvgIpc) is 2.80. The van der Waals surface area contributed by atoms with E-state index in [-0.39, 0.29) is 23.4 Å². The maximum Gasteiger partial charge on any atom is 0.239 e. The third kappa shape index (κ3) is 2.43. The third-order valence-corrected chi connectivity index (χ3v) is 6.15. The smallest absolute Gasteiger partial charge is 0.239 e. The molecular weight excluding hydrogens is 329 g/mol. The van der Waals surface area contributed by atoms with E-state index in [2.05, 4.69) is 5.32 Å². The fourth-order valence-electron chi connectivity index (χ4n) is 4.83. The topological polar surface area (TPSA) is 49.3 Å². The van der Waals surface area contributed by atoms with Crippen LogP contribution in [0.4, 0.5) is 10.1 Å². The van der Waals surface area contributed by atoms with Crippen LogP contribution in [-0.4, -0.2) is 11.0 Å². The Bertz CT molecular complexity index is 838. The van der Waals surface area contributed by atoms with Gasteiger partial charge < -0.3 is 10.4 Å². The van der Waals surface area contributed by atoms with Gasteiger partial charge in [0.05, 0.1) is 5.69 Å². The largest absolute Gasteiger partial charge is 0.508 e. The first-order valence-corrected chi connectivity index (χ1v) is 9.45. The van der Waals surface area contributed by atoms with E-state index in [1.165, 1.54) is 12.8 Å². The fourth-order valence-corrected chi connectivity index (χ4v) is 4.83. The molecule has 0 aromatic heterocycles. The number of anilines is 1. The van der Waals surface area contributed by atoms with Crippen LogP contribution < -0.4 is 5.32 Å². The number of halogens is 1. The minimum atomic E-state index is -0.887. The van der Waals surface area contributed by atoms with Gasteiger partial charge in [0.2, 0.25) is 5.91 Å². The molecule has 2 N–H and O–H groups in total. The average molecular weight is 353 g/mol. The molecule has 1 aliphatic heterocycles. The van der Waals surface area contributed by atoms with Crippen molar-refractivity contribution in [2.75, 3.05) is 5.32 Å². The van der Waals surface area contributed by atoms with E-state index in [4.69, 9.17) is 0 Å². The number of carbonyl (C=O) groups excluding carboxylic acids is 1. The quantitative estimate of drug-likeness (QED) is 0.743. The van der Waals surface area contributed by atoms with Crippen LogP contribution in [0.15, 0.2) is 36.4 Å². The van der Waals surface area contributed by atoms with Gasteiger partial charge in [-0.1, -0.05) is 49.9 Å². The summed E-state index contributed by atoms with van der Waals surface area (Å²) in [7, 11) is 0. The second-order valence-electron chi connectivity index (χ2n) is 7.62. The molecule has 1 atom stereocenters. The zero-order valence-electron chi connectivity index (χ0n) is 15.0. The molecule has 0 bridgehead atoms. The Morgan fingerprint density at radius 2 is 1.69 bits per heavy atom. The van der Waals surface area contributed by atoms with Crippen LogP contribution in [0.1, 0.15) is 55.2 Å². The van der Waals surface area contributed by atoms with Crippen molar-refractivity contribution in [1.82, 2.24) is 0 Å². The number of carbonyl (C=O) groups is 1. The van der Waals surface area contributed by atoms with Gasteiger partial charge in [-0.2, -0.15) is 0 Å². The molecule has 1 unspecified atom stereocenters. The van der Waals surface area contributed by atoms with E-state index in [0.29, 0.717) is 11.3 Å². The van der Waals surface area contributed by atoms with Crippen molar-refractivity contribution < 1.29 is 14.3 Å². The maximum atomic E-state index is 14.8. The first kappa shape index (κ1) is 17.1. The van der Waals surface area contributed by atoms with Gasteiger partial charge in [-0.3, -0.25) is 4.79 Å². The van der Waals surface area contributed by atoms with E-state index in [1.54, 1.807) is 25.1 Å². The zero-order valence-corrected chi connectivity index (χ0v) is 15.0.